The van der Waals surface area contributed by atoms with Crippen LogP contribution in [0.15, 0.2) is 48.5 Å². The number of amides is 1. The summed E-state index contributed by atoms with van der Waals surface area (Å²) in [6.45, 7) is 3.83. The summed E-state index contributed by atoms with van der Waals surface area (Å²) in [6, 6.07) is 14.3. The van der Waals surface area contributed by atoms with Gasteiger partial charge in [0.2, 0.25) is 5.91 Å². The predicted octanol–water partition coefficient (Wildman–Crippen LogP) is 3.09. The van der Waals surface area contributed by atoms with Crippen molar-refractivity contribution in [1.29, 1.82) is 0 Å². The lowest BCUT2D eigenvalue weighted by Gasteiger charge is -2.34. The van der Waals surface area contributed by atoms with Gasteiger partial charge >= 0.3 is 0 Å². The molecule has 0 spiro atoms. The molecule has 1 saturated heterocycles. The molecule has 1 aliphatic rings. The minimum absolute atomic E-state index is 0.0414. The van der Waals surface area contributed by atoms with Gasteiger partial charge in [-0.25, -0.2) is 4.98 Å². The van der Waals surface area contributed by atoms with E-state index in [2.05, 4.69) is 16.0 Å². The van der Waals surface area contributed by atoms with Crippen LogP contribution in [-0.4, -0.2) is 51.8 Å². The molecular formula is C20H20N4O3S. The highest BCUT2D eigenvalue weighted by Crippen LogP contribution is 2.23. The molecule has 7 nitrogen and oxygen atoms in total. The number of nitrogens with zero attached hydrogens (tertiary/aromatic N) is 4. The summed E-state index contributed by atoms with van der Waals surface area (Å²) in [7, 11) is 0. The van der Waals surface area contributed by atoms with Crippen molar-refractivity contribution in [1.82, 2.24) is 14.8 Å². The number of thiazole rings is 1. The lowest BCUT2D eigenvalue weighted by molar-refractivity contribution is -0.384. The van der Waals surface area contributed by atoms with Crippen molar-refractivity contribution >= 4 is 33.1 Å². The lowest BCUT2D eigenvalue weighted by atomic mass is 10.1. The maximum atomic E-state index is 12.5. The van der Waals surface area contributed by atoms with Crippen LogP contribution in [0.3, 0.4) is 0 Å². The second kappa shape index (κ2) is 8.04. The monoisotopic (exact) mass is 396 g/mol. The summed E-state index contributed by atoms with van der Waals surface area (Å²) in [4.78, 5) is 31.7. The first-order valence-electron chi connectivity index (χ1n) is 9.16. The van der Waals surface area contributed by atoms with E-state index in [1.54, 1.807) is 23.5 Å². The van der Waals surface area contributed by atoms with E-state index in [4.69, 9.17) is 0 Å². The molecule has 2 heterocycles. The van der Waals surface area contributed by atoms with E-state index in [9.17, 15) is 14.9 Å². The number of piperazine rings is 1. The first kappa shape index (κ1) is 18.5. The minimum atomic E-state index is -0.434. The van der Waals surface area contributed by atoms with Gasteiger partial charge in [0.25, 0.3) is 5.69 Å². The highest BCUT2D eigenvalue weighted by molar-refractivity contribution is 7.18. The van der Waals surface area contributed by atoms with Crippen molar-refractivity contribution in [3.63, 3.8) is 0 Å². The van der Waals surface area contributed by atoms with Gasteiger partial charge in [-0.2, -0.15) is 0 Å². The third-order valence-electron chi connectivity index (χ3n) is 4.92. The van der Waals surface area contributed by atoms with E-state index in [1.165, 1.54) is 16.8 Å². The van der Waals surface area contributed by atoms with Crippen LogP contribution < -0.4 is 0 Å². The Morgan fingerprint density at radius 1 is 1.07 bits per heavy atom. The van der Waals surface area contributed by atoms with E-state index < -0.39 is 4.92 Å². The van der Waals surface area contributed by atoms with Crippen LogP contribution in [0.5, 0.6) is 0 Å². The third-order valence-corrected chi connectivity index (χ3v) is 5.95. The van der Waals surface area contributed by atoms with E-state index in [1.807, 2.05) is 23.1 Å². The Bertz CT molecular complexity index is 961. The number of nitro groups is 1. The van der Waals surface area contributed by atoms with Crippen LogP contribution in [0, 0.1) is 10.1 Å². The van der Waals surface area contributed by atoms with Gasteiger partial charge in [-0.05, 0) is 17.7 Å². The predicted molar refractivity (Wildman–Crippen MR) is 108 cm³/mol. The van der Waals surface area contributed by atoms with Gasteiger partial charge in [-0.15, -0.1) is 11.3 Å². The normalized spacial score (nSPS) is 15.1. The lowest BCUT2D eigenvalue weighted by Crippen LogP contribution is -2.48. The van der Waals surface area contributed by atoms with Crippen LogP contribution >= 0.6 is 11.3 Å². The van der Waals surface area contributed by atoms with E-state index in [-0.39, 0.29) is 18.0 Å². The molecule has 0 atom stereocenters. The van der Waals surface area contributed by atoms with Crippen molar-refractivity contribution in [2.24, 2.45) is 0 Å². The molecule has 1 aromatic heterocycles. The van der Waals surface area contributed by atoms with Gasteiger partial charge in [-0.1, -0.05) is 24.3 Å². The molecule has 8 heteroatoms. The Labute approximate surface area is 166 Å². The topological polar surface area (TPSA) is 79.6 Å². The number of rotatable bonds is 5. The molecule has 0 aliphatic carbocycles. The van der Waals surface area contributed by atoms with Crippen LogP contribution in [0.25, 0.3) is 10.2 Å². The first-order valence-corrected chi connectivity index (χ1v) is 9.98. The Hall–Kier alpha value is -2.84. The quantitative estimate of drug-likeness (QED) is 0.489. The summed E-state index contributed by atoms with van der Waals surface area (Å²) < 4.78 is 1.20. The maximum absolute atomic E-state index is 12.5. The van der Waals surface area contributed by atoms with Crippen LogP contribution in [0.4, 0.5) is 5.69 Å². The molecule has 1 amide bonds. The smallest absolute Gasteiger partial charge is 0.269 e. The fourth-order valence-corrected chi connectivity index (χ4v) is 4.37. The summed E-state index contributed by atoms with van der Waals surface area (Å²) in [5, 5.41) is 11.8. The molecule has 0 N–H and O–H groups in total. The highest BCUT2D eigenvalue weighted by Gasteiger charge is 2.22. The molecule has 3 aromatic rings. The van der Waals surface area contributed by atoms with Crippen molar-refractivity contribution in [3.8, 4) is 0 Å². The average Bonchev–Trinajstić information content (AvgIpc) is 3.11. The van der Waals surface area contributed by atoms with Crippen LogP contribution in [-0.2, 0) is 17.8 Å². The Morgan fingerprint density at radius 3 is 2.46 bits per heavy atom. The summed E-state index contributed by atoms with van der Waals surface area (Å²) in [6.07, 6.45) is 0.274. The largest absolute Gasteiger partial charge is 0.340 e. The summed E-state index contributed by atoms with van der Waals surface area (Å²) >= 11 is 1.72. The minimum Gasteiger partial charge on any atom is -0.340 e. The van der Waals surface area contributed by atoms with E-state index in [0.29, 0.717) is 13.1 Å². The fourth-order valence-electron chi connectivity index (χ4n) is 3.36. The SMILES string of the molecule is O=C(Cc1ccc([N+](=O)[O-])cc1)N1CCN(Cc2nc3ccccc3s2)CC1. The Balaban J connectivity index is 1.29. The zero-order chi connectivity index (χ0) is 19.5. The number of fused-ring (bicyclic) bond motifs is 1. The fraction of sp³-hybridized carbons (Fsp3) is 0.300. The van der Waals surface area contributed by atoms with Crippen LogP contribution in [0.2, 0.25) is 0 Å². The zero-order valence-electron chi connectivity index (χ0n) is 15.3. The Kier molecular flexibility index (Phi) is 5.31. The van der Waals surface area contributed by atoms with Crippen molar-refractivity contribution < 1.29 is 9.72 Å². The third kappa shape index (κ3) is 4.18. The molecule has 0 saturated carbocycles. The molecular weight excluding hydrogens is 376 g/mol. The number of hydrogen-bond donors (Lipinski definition) is 0. The molecule has 1 fully saturated rings. The number of benzene rings is 2. The maximum Gasteiger partial charge on any atom is 0.269 e. The summed E-state index contributed by atoms with van der Waals surface area (Å²) in [5.41, 5.74) is 1.88. The number of carbonyl (C=O) groups excluding carboxylic acids is 1. The number of para-hydroxylation sites is 1. The summed E-state index contributed by atoms with van der Waals surface area (Å²) in [5.74, 6) is 0.0634. The molecule has 4 rings (SSSR count). The molecule has 2 aromatic carbocycles. The molecule has 0 bridgehead atoms. The second-order valence-corrected chi connectivity index (χ2v) is 7.95. The Morgan fingerprint density at radius 2 is 1.79 bits per heavy atom. The number of aromatic nitrogens is 1. The number of non-ortho nitro benzene ring substituents is 1. The van der Waals surface area contributed by atoms with Crippen LogP contribution in [0.1, 0.15) is 10.6 Å². The van der Waals surface area contributed by atoms with E-state index in [0.717, 1.165) is 35.7 Å². The van der Waals surface area contributed by atoms with E-state index >= 15 is 0 Å². The van der Waals surface area contributed by atoms with Crippen molar-refractivity contribution in [2.45, 2.75) is 13.0 Å². The number of nitro benzene ring substituents is 1. The van der Waals surface area contributed by atoms with Crippen molar-refractivity contribution in [2.75, 3.05) is 26.2 Å². The molecule has 0 radical (unpaired) electrons. The van der Waals surface area contributed by atoms with Gasteiger partial charge in [0.1, 0.15) is 5.01 Å². The molecule has 144 valence electrons. The number of hydrogen-bond acceptors (Lipinski definition) is 6. The van der Waals surface area contributed by atoms with Gasteiger partial charge in [0.05, 0.1) is 28.1 Å². The molecule has 28 heavy (non-hydrogen) atoms. The molecule has 1 aliphatic heterocycles. The van der Waals surface area contributed by atoms with Crippen molar-refractivity contribution in [3.05, 3.63) is 69.2 Å². The van der Waals surface area contributed by atoms with Gasteiger partial charge in [0.15, 0.2) is 0 Å². The zero-order valence-corrected chi connectivity index (χ0v) is 16.1. The average molecular weight is 396 g/mol. The highest BCUT2D eigenvalue weighted by atomic mass is 32.1. The second-order valence-electron chi connectivity index (χ2n) is 6.83. The standard InChI is InChI=1S/C20H20N4O3S/c25-20(13-15-5-7-16(8-6-15)24(26)27)23-11-9-22(10-12-23)14-19-21-17-3-1-2-4-18(17)28-19/h1-8H,9-14H2. The molecule has 0 unspecified atom stereocenters. The van der Waals surface area contributed by atoms with Gasteiger partial charge < -0.3 is 4.90 Å². The van der Waals surface area contributed by atoms with Gasteiger partial charge in [0, 0.05) is 38.3 Å². The van der Waals surface area contributed by atoms with Gasteiger partial charge in [-0.3, -0.25) is 19.8 Å². The first-order chi connectivity index (χ1) is 13.6. The number of carbonyl (C=O) groups is 1.